The summed E-state index contributed by atoms with van der Waals surface area (Å²) in [4.78, 5) is 14.1. The van der Waals surface area contributed by atoms with Crippen LogP contribution in [0.5, 0.6) is 0 Å². The van der Waals surface area contributed by atoms with E-state index in [0.717, 1.165) is 5.56 Å². The second kappa shape index (κ2) is 4.28. The minimum Gasteiger partial charge on any atom is -0.265 e. The molecule has 1 aromatic carbocycles. The Labute approximate surface area is 96.7 Å². The van der Waals surface area contributed by atoms with E-state index in [0.29, 0.717) is 5.56 Å². The molecule has 0 saturated carbocycles. The molecule has 0 saturated heterocycles. The van der Waals surface area contributed by atoms with Crippen LogP contribution in [0.3, 0.4) is 0 Å². The van der Waals surface area contributed by atoms with Crippen molar-refractivity contribution < 1.29 is 4.92 Å². The molecule has 0 aliphatic heterocycles. The highest BCUT2D eigenvalue weighted by molar-refractivity contribution is 6.35. The molecule has 1 heterocycles. The third-order valence-electron chi connectivity index (χ3n) is 2.17. The van der Waals surface area contributed by atoms with Crippen LogP contribution in [0.15, 0.2) is 42.7 Å². The highest BCUT2D eigenvalue weighted by atomic mass is 35.5. The SMILES string of the molecule is O=[N+]([O-])c1cccc(-c2ccncc2)c1Cl. The fraction of sp³-hybridized carbons (Fsp3) is 0. The lowest BCUT2D eigenvalue weighted by Crippen LogP contribution is -1.90. The second-order valence-corrected chi connectivity index (χ2v) is 3.51. The summed E-state index contributed by atoms with van der Waals surface area (Å²) in [5.41, 5.74) is 1.36. The lowest BCUT2D eigenvalue weighted by atomic mass is 10.1. The lowest BCUT2D eigenvalue weighted by Gasteiger charge is -2.03. The van der Waals surface area contributed by atoms with E-state index in [9.17, 15) is 10.1 Å². The van der Waals surface area contributed by atoms with Gasteiger partial charge in [-0.1, -0.05) is 23.7 Å². The van der Waals surface area contributed by atoms with Crippen molar-refractivity contribution >= 4 is 17.3 Å². The van der Waals surface area contributed by atoms with Crippen LogP contribution in [-0.4, -0.2) is 9.91 Å². The molecule has 2 aromatic rings. The van der Waals surface area contributed by atoms with Gasteiger partial charge in [-0.15, -0.1) is 0 Å². The maximum absolute atomic E-state index is 10.7. The van der Waals surface area contributed by atoms with Crippen molar-refractivity contribution in [1.82, 2.24) is 4.98 Å². The summed E-state index contributed by atoms with van der Waals surface area (Å²) < 4.78 is 0. The van der Waals surface area contributed by atoms with E-state index in [-0.39, 0.29) is 10.7 Å². The van der Waals surface area contributed by atoms with E-state index < -0.39 is 4.92 Å². The summed E-state index contributed by atoms with van der Waals surface area (Å²) in [6.07, 6.45) is 3.23. The molecule has 80 valence electrons. The lowest BCUT2D eigenvalue weighted by molar-refractivity contribution is -0.384. The number of nitro groups is 1. The normalized spacial score (nSPS) is 10.1. The Bertz CT molecular complexity index is 529. The maximum atomic E-state index is 10.7. The smallest absolute Gasteiger partial charge is 0.265 e. The fourth-order valence-electron chi connectivity index (χ4n) is 1.42. The fourth-order valence-corrected chi connectivity index (χ4v) is 1.72. The zero-order valence-corrected chi connectivity index (χ0v) is 8.89. The molecule has 0 bridgehead atoms. The predicted octanol–water partition coefficient (Wildman–Crippen LogP) is 3.31. The number of hydrogen-bond donors (Lipinski definition) is 0. The topological polar surface area (TPSA) is 56.0 Å². The van der Waals surface area contributed by atoms with E-state index in [1.165, 1.54) is 6.07 Å². The van der Waals surface area contributed by atoms with Gasteiger partial charge < -0.3 is 0 Å². The van der Waals surface area contributed by atoms with Crippen LogP contribution in [0.4, 0.5) is 5.69 Å². The van der Waals surface area contributed by atoms with Gasteiger partial charge in [0.1, 0.15) is 5.02 Å². The van der Waals surface area contributed by atoms with E-state index in [4.69, 9.17) is 11.6 Å². The number of benzene rings is 1. The van der Waals surface area contributed by atoms with Gasteiger partial charge in [-0.25, -0.2) is 0 Å². The molecule has 16 heavy (non-hydrogen) atoms. The zero-order chi connectivity index (χ0) is 11.5. The van der Waals surface area contributed by atoms with Crippen molar-refractivity contribution in [3.8, 4) is 11.1 Å². The first-order valence-corrected chi connectivity index (χ1v) is 4.91. The summed E-state index contributed by atoms with van der Waals surface area (Å²) in [5, 5.41) is 10.9. The Morgan fingerprint density at radius 1 is 1.19 bits per heavy atom. The Morgan fingerprint density at radius 2 is 1.88 bits per heavy atom. The quantitative estimate of drug-likeness (QED) is 0.592. The molecular weight excluding hydrogens is 228 g/mol. The standard InChI is InChI=1S/C11H7ClN2O2/c12-11-9(8-4-6-13-7-5-8)2-1-3-10(11)14(15)16/h1-7H. The van der Waals surface area contributed by atoms with Crippen LogP contribution in [-0.2, 0) is 0 Å². The largest absolute Gasteiger partial charge is 0.288 e. The third kappa shape index (κ3) is 1.87. The zero-order valence-electron chi connectivity index (χ0n) is 8.13. The molecule has 0 radical (unpaired) electrons. The van der Waals surface area contributed by atoms with Crippen LogP contribution in [0.1, 0.15) is 0 Å². The molecule has 0 N–H and O–H groups in total. The molecule has 0 aliphatic rings. The molecule has 0 spiro atoms. The first kappa shape index (κ1) is 10.6. The number of hydrogen-bond acceptors (Lipinski definition) is 3. The highest BCUT2D eigenvalue weighted by Crippen LogP contribution is 2.34. The second-order valence-electron chi connectivity index (χ2n) is 3.13. The van der Waals surface area contributed by atoms with Crippen LogP contribution in [0.2, 0.25) is 5.02 Å². The summed E-state index contributed by atoms with van der Waals surface area (Å²) in [6, 6.07) is 8.24. The molecule has 0 fully saturated rings. The molecule has 1 aromatic heterocycles. The molecular formula is C11H7ClN2O2. The van der Waals surface area contributed by atoms with Gasteiger partial charge in [0, 0.05) is 24.0 Å². The molecule has 0 atom stereocenters. The van der Waals surface area contributed by atoms with Crippen molar-refractivity contribution in [3.05, 3.63) is 57.9 Å². The summed E-state index contributed by atoms with van der Waals surface area (Å²) in [7, 11) is 0. The Morgan fingerprint density at radius 3 is 2.50 bits per heavy atom. The van der Waals surface area contributed by atoms with Crippen LogP contribution in [0, 0.1) is 10.1 Å². The minimum absolute atomic E-state index is 0.0871. The predicted molar refractivity (Wildman–Crippen MR) is 61.3 cm³/mol. The van der Waals surface area contributed by atoms with Gasteiger partial charge in [-0.3, -0.25) is 15.1 Å². The summed E-state index contributed by atoms with van der Waals surface area (Å²) in [6.45, 7) is 0. The average Bonchev–Trinajstić information content (AvgIpc) is 2.30. The van der Waals surface area contributed by atoms with Gasteiger partial charge in [-0.05, 0) is 17.7 Å². The molecule has 0 aliphatic carbocycles. The van der Waals surface area contributed by atoms with Crippen LogP contribution < -0.4 is 0 Å². The first-order valence-electron chi connectivity index (χ1n) is 4.53. The average molecular weight is 235 g/mol. The molecule has 0 amide bonds. The number of nitro benzene ring substituents is 1. The van der Waals surface area contributed by atoms with E-state index >= 15 is 0 Å². The number of rotatable bonds is 2. The van der Waals surface area contributed by atoms with Crippen molar-refractivity contribution in [3.63, 3.8) is 0 Å². The molecule has 0 unspecified atom stereocenters. The Balaban J connectivity index is 2.59. The maximum Gasteiger partial charge on any atom is 0.288 e. The van der Waals surface area contributed by atoms with Gasteiger partial charge >= 0.3 is 0 Å². The summed E-state index contributed by atoms with van der Waals surface area (Å²) in [5.74, 6) is 0. The van der Waals surface area contributed by atoms with E-state index in [2.05, 4.69) is 4.98 Å². The Hall–Kier alpha value is -1.94. The third-order valence-corrected chi connectivity index (χ3v) is 2.56. The van der Waals surface area contributed by atoms with Gasteiger partial charge in [0.15, 0.2) is 0 Å². The minimum atomic E-state index is -0.493. The highest BCUT2D eigenvalue weighted by Gasteiger charge is 2.15. The number of aromatic nitrogens is 1. The monoisotopic (exact) mass is 234 g/mol. The summed E-state index contributed by atoms with van der Waals surface area (Å²) >= 11 is 5.98. The molecule has 2 rings (SSSR count). The number of nitrogens with zero attached hydrogens (tertiary/aromatic N) is 2. The van der Waals surface area contributed by atoms with Gasteiger partial charge in [0.25, 0.3) is 5.69 Å². The number of pyridine rings is 1. The molecule has 4 nitrogen and oxygen atoms in total. The van der Waals surface area contributed by atoms with Gasteiger partial charge in [0.2, 0.25) is 0 Å². The van der Waals surface area contributed by atoms with Crippen LogP contribution in [0.25, 0.3) is 11.1 Å². The van der Waals surface area contributed by atoms with Crippen molar-refractivity contribution in [2.45, 2.75) is 0 Å². The Kier molecular flexibility index (Phi) is 2.83. The van der Waals surface area contributed by atoms with Crippen molar-refractivity contribution in [2.75, 3.05) is 0 Å². The number of halogens is 1. The van der Waals surface area contributed by atoms with Crippen LogP contribution >= 0.6 is 11.6 Å². The van der Waals surface area contributed by atoms with E-state index in [1.807, 2.05) is 0 Å². The van der Waals surface area contributed by atoms with Crippen molar-refractivity contribution in [1.29, 1.82) is 0 Å². The van der Waals surface area contributed by atoms with Crippen molar-refractivity contribution in [2.24, 2.45) is 0 Å². The molecule has 5 heteroatoms. The first-order chi connectivity index (χ1) is 7.70. The van der Waals surface area contributed by atoms with E-state index in [1.54, 1.807) is 36.7 Å². The van der Waals surface area contributed by atoms with Gasteiger partial charge in [-0.2, -0.15) is 0 Å². The van der Waals surface area contributed by atoms with Gasteiger partial charge in [0.05, 0.1) is 4.92 Å².